The van der Waals surface area contributed by atoms with Crippen molar-refractivity contribution in [1.29, 1.82) is 0 Å². The van der Waals surface area contributed by atoms with Crippen LogP contribution in [0, 0.1) is 6.92 Å². The summed E-state index contributed by atoms with van der Waals surface area (Å²) in [6.45, 7) is 1.82. The second kappa shape index (κ2) is 3.96. The van der Waals surface area contributed by atoms with Crippen molar-refractivity contribution in [3.05, 3.63) is 27.7 Å². The molecule has 0 spiro atoms. The molecule has 0 aliphatic carbocycles. The van der Waals surface area contributed by atoms with Crippen molar-refractivity contribution in [3.63, 3.8) is 0 Å². The van der Waals surface area contributed by atoms with E-state index in [9.17, 15) is 8.42 Å². The minimum Gasteiger partial charge on any atom is -0.281 e. The zero-order chi connectivity index (χ0) is 10.9. The van der Waals surface area contributed by atoms with Crippen molar-refractivity contribution < 1.29 is 8.42 Å². The lowest BCUT2D eigenvalue weighted by Crippen LogP contribution is -2.10. The van der Waals surface area contributed by atoms with Gasteiger partial charge in [-0.15, -0.1) is 0 Å². The van der Waals surface area contributed by atoms with Crippen LogP contribution in [-0.4, -0.2) is 14.7 Å². The number of aryl methyl sites for hydroxylation is 1. The maximum atomic E-state index is 11.0. The number of nitrogens with one attached hydrogen (secondary N) is 1. The van der Waals surface area contributed by atoms with Crippen LogP contribution in [0.1, 0.15) is 5.56 Å². The second-order valence-electron chi connectivity index (χ2n) is 2.98. The molecule has 0 aromatic heterocycles. The van der Waals surface area contributed by atoms with Gasteiger partial charge in [-0.05, 0) is 24.6 Å². The van der Waals surface area contributed by atoms with Gasteiger partial charge in [0.2, 0.25) is 10.0 Å². The van der Waals surface area contributed by atoms with Gasteiger partial charge in [-0.2, -0.15) is 0 Å². The van der Waals surface area contributed by atoms with Gasteiger partial charge in [-0.25, -0.2) is 8.42 Å². The lowest BCUT2D eigenvalue weighted by molar-refractivity contribution is 0.607. The van der Waals surface area contributed by atoms with E-state index in [-0.39, 0.29) is 5.69 Å². The molecule has 0 atom stereocenters. The largest absolute Gasteiger partial charge is 0.281 e. The van der Waals surface area contributed by atoms with Crippen LogP contribution in [0.25, 0.3) is 0 Å². The molecule has 0 amide bonds. The van der Waals surface area contributed by atoms with Crippen LogP contribution < -0.4 is 4.72 Å². The summed E-state index contributed by atoms with van der Waals surface area (Å²) in [5, 5.41) is 0.584. The third-order valence-corrected chi connectivity index (χ3v) is 2.65. The molecule has 0 saturated carbocycles. The fraction of sp³-hybridized carbons (Fsp3) is 0.250. The highest BCUT2D eigenvalue weighted by Crippen LogP contribution is 2.32. The number of anilines is 1. The first-order chi connectivity index (χ1) is 6.29. The average Bonchev–Trinajstić information content (AvgIpc) is 1.95. The molecule has 0 heterocycles. The fourth-order valence-corrected chi connectivity index (χ4v) is 2.38. The Morgan fingerprint density at radius 1 is 1.21 bits per heavy atom. The Morgan fingerprint density at radius 2 is 1.64 bits per heavy atom. The van der Waals surface area contributed by atoms with Gasteiger partial charge in [0, 0.05) is 0 Å². The van der Waals surface area contributed by atoms with E-state index in [2.05, 4.69) is 4.72 Å². The van der Waals surface area contributed by atoms with Crippen LogP contribution in [0.4, 0.5) is 5.69 Å². The maximum Gasteiger partial charge on any atom is 0.229 e. The van der Waals surface area contributed by atoms with Gasteiger partial charge in [0.25, 0.3) is 0 Å². The summed E-state index contributed by atoms with van der Waals surface area (Å²) < 4.78 is 24.2. The first-order valence-electron chi connectivity index (χ1n) is 3.73. The average molecular weight is 254 g/mol. The zero-order valence-electron chi connectivity index (χ0n) is 7.64. The summed E-state index contributed by atoms with van der Waals surface area (Å²) >= 11 is 11.7. The number of hydrogen-bond acceptors (Lipinski definition) is 2. The van der Waals surface area contributed by atoms with Gasteiger partial charge >= 0.3 is 0 Å². The molecule has 0 saturated heterocycles. The summed E-state index contributed by atoms with van der Waals surface area (Å²) in [5.41, 5.74) is 1.10. The van der Waals surface area contributed by atoms with Crippen molar-refractivity contribution in [2.75, 3.05) is 11.0 Å². The second-order valence-corrected chi connectivity index (χ2v) is 5.54. The van der Waals surface area contributed by atoms with Crippen molar-refractivity contribution in [1.82, 2.24) is 0 Å². The highest BCUT2D eigenvalue weighted by molar-refractivity contribution is 7.92. The molecule has 1 N–H and O–H groups in total. The van der Waals surface area contributed by atoms with Crippen molar-refractivity contribution >= 4 is 38.9 Å². The predicted molar refractivity (Wildman–Crippen MR) is 59.7 cm³/mol. The molecule has 0 fully saturated rings. The number of halogens is 2. The van der Waals surface area contributed by atoms with Crippen LogP contribution in [0.5, 0.6) is 0 Å². The summed E-state index contributed by atoms with van der Waals surface area (Å²) in [5.74, 6) is 0. The zero-order valence-corrected chi connectivity index (χ0v) is 9.96. The van der Waals surface area contributed by atoms with Crippen molar-refractivity contribution in [2.24, 2.45) is 0 Å². The summed E-state index contributed by atoms with van der Waals surface area (Å²) in [7, 11) is -3.35. The Morgan fingerprint density at radius 3 is 2.00 bits per heavy atom. The van der Waals surface area contributed by atoms with E-state index in [1.54, 1.807) is 12.1 Å². The fourth-order valence-electron chi connectivity index (χ4n) is 0.983. The van der Waals surface area contributed by atoms with Gasteiger partial charge < -0.3 is 0 Å². The Bertz CT molecular complexity index is 433. The summed E-state index contributed by atoms with van der Waals surface area (Å²) in [6, 6.07) is 3.28. The van der Waals surface area contributed by atoms with E-state index in [0.717, 1.165) is 11.8 Å². The molecule has 0 unspecified atom stereocenters. The molecule has 0 aliphatic rings. The molecular formula is C8H9Cl2NO2S. The molecule has 14 heavy (non-hydrogen) atoms. The number of hydrogen-bond donors (Lipinski definition) is 1. The number of benzene rings is 1. The van der Waals surface area contributed by atoms with Crippen LogP contribution in [0.3, 0.4) is 0 Å². The molecule has 1 aromatic carbocycles. The van der Waals surface area contributed by atoms with Gasteiger partial charge in [-0.1, -0.05) is 23.2 Å². The third kappa shape index (κ3) is 3.04. The Labute approximate surface area is 93.1 Å². The van der Waals surface area contributed by atoms with Crippen LogP contribution in [0.2, 0.25) is 10.0 Å². The van der Waals surface area contributed by atoms with E-state index >= 15 is 0 Å². The minimum absolute atomic E-state index is 0.224. The third-order valence-electron chi connectivity index (χ3n) is 1.47. The van der Waals surface area contributed by atoms with Crippen molar-refractivity contribution in [3.8, 4) is 0 Å². The van der Waals surface area contributed by atoms with Gasteiger partial charge in [-0.3, -0.25) is 4.72 Å². The Hall–Kier alpha value is -0.450. The lowest BCUT2D eigenvalue weighted by Gasteiger charge is -2.09. The topological polar surface area (TPSA) is 46.2 Å². The lowest BCUT2D eigenvalue weighted by atomic mass is 10.2. The maximum absolute atomic E-state index is 11.0. The Balaban J connectivity index is 3.22. The smallest absolute Gasteiger partial charge is 0.229 e. The number of rotatable bonds is 2. The van der Waals surface area contributed by atoms with Crippen LogP contribution >= 0.6 is 23.2 Å². The van der Waals surface area contributed by atoms with Gasteiger partial charge in [0.15, 0.2) is 0 Å². The van der Waals surface area contributed by atoms with E-state index in [0.29, 0.717) is 10.0 Å². The molecular weight excluding hydrogens is 245 g/mol. The molecule has 0 aliphatic heterocycles. The van der Waals surface area contributed by atoms with E-state index < -0.39 is 10.0 Å². The SMILES string of the molecule is Cc1cc(Cl)c(NS(C)(=O)=O)c(Cl)c1. The molecule has 1 rings (SSSR count). The summed E-state index contributed by atoms with van der Waals surface area (Å²) in [4.78, 5) is 0. The number of sulfonamides is 1. The molecule has 0 radical (unpaired) electrons. The van der Waals surface area contributed by atoms with Crippen LogP contribution in [0.15, 0.2) is 12.1 Å². The molecule has 0 bridgehead atoms. The van der Waals surface area contributed by atoms with Crippen LogP contribution in [-0.2, 0) is 10.0 Å². The monoisotopic (exact) mass is 253 g/mol. The van der Waals surface area contributed by atoms with E-state index in [1.807, 2.05) is 6.92 Å². The standard InChI is InChI=1S/C8H9Cl2NO2S/c1-5-3-6(9)8(7(10)4-5)11-14(2,12)13/h3-4,11H,1-2H3. The van der Waals surface area contributed by atoms with E-state index in [4.69, 9.17) is 23.2 Å². The minimum atomic E-state index is -3.35. The summed E-state index contributed by atoms with van der Waals surface area (Å²) in [6.07, 6.45) is 1.04. The highest BCUT2D eigenvalue weighted by Gasteiger charge is 2.10. The molecule has 1 aromatic rings. The predicted octanol–water partition coefficient (Wildman–Crippen LogP) is 2.67. The molecule has 78 valence electrons. The van der Waals surface area contributed by atoms with Gasteiger partial charge in [0.05, 0.1) is 22.0 Å². The molecule has 3 nitrogen and oxygen atoms in total. The molecule has 6 heteroatoms. The van der Waals surface area contributed by atoms with Crippen molar-refractivity contribution in [2.45, 2.75) is 6.92 Å². The van der Waals surface area contributed by atoms with Gasteiger partial charge in [0.1, 0.15) is 0 Å². The first-order valence-corrected chi connectivity index (χ1v) is 6.38. The highest BCUT2D eigenvalue weighted by atomic mass is 35.5. The van der Waals surface area contributed by atoms with E-state index in [1.165, 1.54) is 0 Å². The first kappa shape index (κ1) is 11.6. The quantitative estimate of drug-likeness (QED) is 0.881. The Kier molecular flexibility index (Phi) is 3.29. The normalized spacial score (nSPS) is 11.4.